The van der Waals surface area contributed by atoms with Crippen molar-refractivity contribution in [1.82, 2.24) is 10.6 Å². The van der Waals surface area contributed by atoms with E-state index in [2.05, 4.69) is 47.9 Å². The molecule has 5 heteroatoms. The number of rotatable bonds is 5. The molecule has 1 aromatic rings. The van der Waals surface area contributed by atoms with Crippen molar-refractivity contribution in [3.8, 4) is 0 Å². The topological polar surface area (TPSA) is 65.9 Å². The van der Waals surface area contributed by atoms with Crippen LogP contribution in [0.1, 0.15) is 51.0 Å². The van der Waals surface area contributed by atoms with E-state index in [9.17, 15) is 5.11 Å². The van der Waals surface area contributed by atoms with Gasteiger partial charge in [-0.15, -0.1) is 0 Å². The lowest BCUT2D eigenvalue weighted by atomic mass is 9.74. The van der Waals surface area contributed by atoms with E-state index in [0.29, 0.717) is 6.04 Å². The van der Waals surface area contributed by atoms with Gasteiger partial charge in [0.2, 0.25) is 0 Å². The molecule has 0 amide bonds. The molecule has 0 radical (unpaired) electrons. The minimum atomic E-state index is -0.129. The molecule has 3 N–H and O–H groups in total. The Bertz CT molecular complexity index is 562. The fourth-order valence-corrected chi connectivity index (χ4v) is 4.06. The second-order valence-corrected chi connectivity index (χ2v) is 7.60. The smallest absolute Gasteiger partial charge is 0.191 e. The number of aliphatic hydroxyl groups is 1. The summed E-state index contributed by atoms with van der Waals surface area (Å²) in [5, 5.41) is 16.7. The molecule has 1 aliphatic heterocycles. The zero-order valence-corrected chi connectivity index (χ0v) is 15.9. The van der Waals surface area contributed by atoms with Gasteiger partial charge >= 0.3 is 0 Å². The molecule has 0 bridgehead atoms. The van der Waals surface area contributed by atoms with Crippen molar-refractivity contribution in [1.29, 1.82) is 0 Å². The fourth-order valence-electron chi connectivity index (χ4n) is 4.06. The van der Waals surface area contributed by atoms with Crippen LogP contribution in [-0.2, 0) is 10.2 Å². The summed E-state index contributed by atoms with van der Waals surface area (Å²) in [6.45, 7) is 5.32. The van der Waals surface area contributed by atoms with Gasteiger partial charge in [-0.25, -0.2) is 0 Å². The van der Waals surface area contributed by atoms with E-state index in [1.54, 1.807) is 0 Å². The summed E-state index contributed by atoms with van der Waals surface area (Å²) in [5.41, 5.74) is 1.42. The second-order valence-electron chi connectivity index (χ2n) is 7.60. The highest BCUT2D eigenvalue weighted by Crippen LogP contribution is 2.35. The monoisotopic (exact) mass is 359 g/mol. The molecule has 1 heterocycles. The van der Waals surface area contributed by atoms with E-state index < -0.39 is 0 Å². The minimum absolute atomic E-state index is 0.0601. The highest BCUT2D eigenvalue weighted by molar-refractivity contribution is 5.80. The van der Waals surface area contributed by atoms with E-state index in [4.69, 9.17) is 9.73 Å². The number of nitrogens with one attached hydrogen (secondary N) is 2. The zero-order valence-electron chi connectivity index (χ0n) is 15.9. The van der Waals surface area contributed by atoms with Gasteiger partial charge in [-0.3, -0.25) is 4.99 Å². The third-order valence-electron chi connectivity index (χ3n) is 5.76. The van der Waals surface area contributed by atoms with Crippen LogP contribution in [0.2, 0.25) is 0 Å². The average Bonchev–Trinajstić information content (AvgIpc) is 2.69. The van der Waals surface area contributed by atoms with E-state index in [1.807, 2.05) is 0 Å². The van der Waals surface area contributed by atoms with Crippen LogP contribution in [0.3, 0.4) is 0 Å². The first-order valence-corrected chi connectivity index (χ1v) is 10.1. The van der Waals surface area contributed by atoms with Crippen LogP contribution in [0.15, 0.2) is 35.3 Å². The summed E-state index contributed by atoms with van der Waals surface area (Å²) in [5.74, 6) is 0.899. The SMILES string of the molecule is CCNC(=NCC1(c2ccccc2)CCOCC1)NC1CCC(O)CC1. The van der Waals surface area contributed by atoms with Crippen LogP contribution in [-0.4, -0.2) is 49.5 Å². The van der Waals surface area contributed by atoms with Crippen molar-refractivity contribution >= 4 is 5.96 Å². The normalized spacial score (nSPS) is 26.3. The number of ether oxygens (including phenoxy) is 1. The summed E-state index contributed by atoms with van der Waals surface area (Å²) in [6.07, 6.45) is 5.65. The number of hydrogen-bond donors (Lipinski definition) is 3. The van der Waals surface area contributed by atoms with Crippen LogP contribution in [0.25, 0.3) is 0 Å². The molecular weight excluding hydrogens is 326 g/mol. The molecule has 3 rings (SSSR count). The predicted octanol–water partition coefficient (Wildman–Crippen LogP) is 2.59. The first-order valence-electron chi connectivity index (χ1n) is 10.1. The van der Waals surface area contributed by atoms with Crippen LogP contribution >= 0.6 is 0 Å². The van der Waals surface area contributed by atoms with Crippen LogP contribution in [0, 0.1) is 0 Å². The van der Waals surface area contributed by atoms with Gasteiger partial charge in [0.25, 0.3) is 0 Å². The second kappa shape index (κ2) is 9.38. The molecule has 1 saturated heterocycles. The van der Waals surface area contributed by atoms with Crippen LogP contribution in [0.5, 0.6) is 0 Å². The van der Waals surface area contributed by atoms with Gasteiger partial charge in [0.15, 0.2) is 5.96 Å². The molecule has 1 aromatic carbocycles. The molecule has 1 aliphatic carbocycles. The van der Waals surface area contributed by atoms with E-state index in [-0.39, 0.29) is 11.5 Å². The van der Waals surface area contributed by atoms with E-state index in [0.717, 1.165) is 70.8 Å². The Labute approximate surface area is 157 Å². The number of benzene rings is 1. The van der Waals surface area contributed by atoms with Gasteiger partial charge in [-0.2, -0.15) is 0 Å². The molecular formula is C21H33N3O2. The molecule has 0 atom stereocenters. The Balaban J connectivity index is 1.71. The van der Waals surface area contributed by atoms with Crippen molar-refractivity contribution in [2.24, 2.45) is 4.99 Å². The zero-order chi connectivity index (χ0) is 18.2. The lowest BCUT2D eigenvalue weighted by Gasteiger charge is -2.37. The predicted molar refractivity (Wildman–Crippen MR) is 106 cm³/mol. The average molecular weight is 360 g/mol. The first kappa shape index (κ1) is 19.2. The maximum absolute atomic E-state index is 9.71. The Kier molecular flexibility index (Phi) is 6.92. The minimum Gasteiger partial charge on any atom is -0.393 e. The van der Waals surface area contributed by atoms with E-state index >= 15 is 0 Å². The third-order valence-corrected chi connectivity index (χ3v) is 5.76. The van der Waals surface area contributed by atoms with Crippen molar-refractivity contribution in [3.05, 3.63) is 35.9 Å². The Morgan fingerprint density at radius 1 is 1.15 bits per heavy atom. The van der Waals surface area contributed by atoms with Crippen molar-refractivity contribution < 1.29 is 9.84 Å². The Morgan fingerprint density at radius 3 is 2.50 bits per heavy atom. The largest absolute Gasteiger partial charge is 0.393 e. The van der Waals surface area contributed by atoms with Gasteiger partial charge in [-0.05, 0) is 51.0 Å². The maximum Gasteiger partial charge on any atom is 0.191 e. The molecule has 0 spiro atoms. The highest BCUT2D eigenvalue weighted by Gasteiger charge is 2.34. The molecule has 2 fully saturated rings. The lowest BCUT2D eigenvalue weighted by molar-refractivity contribution is 0.0531. The van der Waals surface area contributed by atoms with E-state index in [1.165, 1.54) is 5.56 Å². The number of hydrogen-bond acceptors (Lipinski definition) is 3. The van der Waals surface area contributed by atoms with Crippen molar-refractivity contribution in [2.75, 3.05) is 26.3 Å². The molecule has 2 aliphatic rings. The summed E-state index contributed by atoms with van der Waals surface area (Å²) < 4.78 is 5.63. The van der Waals surface area contributed by atoms with Gasteiger partial charge < -0.3 is 20.5 Å². The summed E-state index contributed by atoms with van der Waals surface area (Å²) >= 11 is 0. The standard InChI is InChI=1S/C21H33N3O2/c1-2-22-20(24-18-8-10-19(25)11-9-18)23-16-21(12-14-26-15-13-21)17-6-4-3-5-7-17/h3-7,18-19,25H,2,8-16H2,1H3,(H2,22,23,24). The quantitative estimate of drug-likeness (QED) is 0.558. The van der Waals surface area contributed by atoms with Crippen molar-refractivity contribution in [3.63, 3.8) is 0 Å². The number of nitrogens with zero attached hydrogens (tertiary/aromatic N) is 1. The molecule has 0 aromatic heterocycles. The molecule has 26 heavy (non-hydrogen) atoms. The third kappa shape index (κ3) is 4.98. The van der Waals surface area contributed by atoms with Crippen molar-refractivity contribution in [2.45, 2.75) is 63.0 Å². The van der Waals surface area contributed by atoms with Crippen LogP contribution < -0.4 is 10.6 Å². The summed E-state index contributed by atoms with van der Waals surface area (Å²) in [7, 11) is 0. The van der Waals surface area contributed by atoms with Gasteiger partial charge in [-0.1, -0.05) is 30.3 Å². The van der Waals surface area contributed by atoms with Crippen LogP contribution in [0.4, 0.5) is 0 Å². The Hall–Kier alpha value is -1.59. The molecule has 1 saturated carbocycles. The molecule has 5 nitrogen and oxygen atoms in total. The van der Waals surface area contributed by atoms with Gasteiger partial charge in [0.05, 0.1) is 12.6 Å². The van der Waals surface area contributed by atoms with Gasteiger partial charge in [0, 0.05) is 31.2 Å². The number of aliphatic hydroxyl groups excluding tert-OH is 1. The number of aliphatic imine (C=N–C) groups is 1. The Morgan fingerprint density at radius 2 is 1.85 bits per heavy atom. The summed E-state index contributed by atoms with van der Waals surface area (Å²) in [4.78, 5) is 4.98. The fraction of sp³-hybridized carbons (Fsp3) is 0.667. The van der Waals surface area contributed by atoms with Gasteiger partial charge in [0.1, 0.15) is 0 Å². The molecule has 0 unspecified atom stereocenters. The lowest BCUT2D eigenvalue weighted by Crippen LogP contribution is -2.46. The number of guanidine groups is 1. The maximum atomic E-state index is 9.71. The summed E-state index contributed by atoms with van der Waals surface area (Å²) in [6, 6.07) is 11.2. The molecule has 144 valence electrons. The first-order chi connectivity index (χ1) is 12.7. The highest BCUT2D eigenvalue weighted by atomic mass is 16.5.